The summed E-state index contributed by atoms with van der Waals surface area (Å²) in [7, 11) is -1.74. The van der Waals surface area contributed by atoms with Crippen molar-refractivity contribution in [1.29, 1.82) is 0 Å². The minimum Gasteiger partial charge on any atom is -0.463 e. The molecular formula is C24H44O3SSi. The lowest BCUT2D eigenvalue weighted by atomic mass is 9.62. The zero-order valence-corrected chi connectivity index (χ0v) is 21.9. The van der Waals surface area contributed by atoms with Crippen molar-refractivity contribution >= 4 is 26.0 Å². The van der Waals surface area contributed by atoms with Crippen LogP contribution in [0.4, 0.5) is 0 Å². The number of carbonyl (C=O) groups is 1. The fraction of sp³-hybridized carbons (Fsp3) is 0.875. The molecule has 2 rings (SSSR count). The maximum Gasteiger partial charge on any atom is 0.331 e. The predicted octanol–water partition coefficient (Wildman–Crippen LogP) is 7.04. The molecule has 2 saturated carbocycles. The molecule has 0 spiro atoms. The molecule has 0 aromatic rings. The molecule has 3 nitrogen and oxygen atoms in total. The highest BCUT2D eigenvalue weighted by molar-refractivity contribution is 8.02. The van der Waals surface area contributed by atoms with Gasteiger partial charge in [0.1, 0.15) is 0 Å². The normalized spacial score (nSPS) is 31.7. The molecule has 5 atom stereocenters. The summed E-state index contributed by atoms with van der Waals surface area (Å²) < 4.78 is 11.9. The first-order valence-electron chi connectivity index (χ1n) is 11.5. The first-order chi connectivity index (χ1) is 13.4. The molecule has 2 fully saturated rings. The number of ether oxygens (including phenoxy) is 1. The van der Waals surface area contributed by atoms with Crippen LogP contribution in [0.3, 0.4) is 0 Å². The highest BCUT2D eigenvalue weighted by Gasteiger charge is 2.54. The number of fused-ring (bicyclic) bond motifs is 1. The Labute approximate surface area is 184 Å². The molecule has 29 heavy (non-hydrogen) atoms. The van der Waals surface area contributed by atoms with Crippen LogP contribution in [0.1, 0.15) is 73.6 Å². The lowest BCUT2D eigenvalue weighted by Gasteiger charge is -2.49. The van der Waals surface area contributed by atoms with Gasteiger partial charge in [0.15, 0.2) is 8.32 Å². The third kappa shape index (κ3) is 5.91. The molecule has 0 aromatic carbocycles. The first kappa shape index (κ1) is 25.0. The molecule has 0 bridgehead atoms. The largest absolute Gasteiger partial charge is 0.463 e. The van der Waals surface area contributed by atoms with Crippen LogP contribution < -0.4 is 0 Å². The van der Waals surface area contributed by atoms with E-state index >= 15 is 0 Å². The van der Waals surface area contributed by atoms with Gasteiger partial charge in [0, 0.05) is 17.9 Å². The molecule has 0 aromatic heterocycles. The SMILES string of the molecule is CCOC(=O)/C=C/SC[C@@H](C)C1CC[C@H]2C(O[Si](C)(C)C(C)(C)C)CCC[C@]12C. The highest BCUT2D eigenvalue weighted by atomic mass is 32.2. The fourth-order valence-corrected chi connectivity index (χ4v) is 7.66. The average Bonchev–Trinajstić information content (AvgIpc) is 2.95. The van der Waals surface area contributed by atoms with Gasteiger partial charge in [-0.3, -0.25) is 0 Å². The van der Waals surface area contributed by atoms with E-state index in [1.54, 1.807) is 17.8 Å². The molecule has 168 valence electrons. The van der Waals surface area contributed by atoms with Gasteiger partial charge < -0.3 is 9.16 Å². The fourth-order valence-electron chi connectivity index (χ4n) is 5.41. The summed E-state index contributed by atoms with van der Waals surface area (Å²) in [6, 6.07) is 0. The topological polar surface area (TPSA) is 35.5 Å². The molecule has 0 aliphatic heterocycles. The summed E-state index contributed by atoms with van der Waals surface area (Å²) in [6.07, 6.45) is 8.52. The van der Waals surface area contributed by atoms with Gasteiger partial charge in [-0.15, -0.1) is 11.8 Å². The second-order valence-electron chi connectivity index (χ2n) is 11.0. The van der Waals surface area contributed by atoms with E-state index in [-0.39, 0.29) is 11.0 Å². The summed E-state index contributed by atoms with van der Waals surface area (Å²) >= 11 is 1.75. The van der Waals surface area contributed by atoms with Crippen LogP contribution >= 0.6 is 11.8 Å². The monoisotopic (exact) mass is 440 g/mol. The third-order valence-corrected chi connectivity index (χ3v) is 13.6. The maximum atomic E-state index is 11.5. The standard InChI is InChI=1S/C24H44O3SSi/c1-9-26-22(25)14-16-28-17-18(2)19-12-13-20-21(11-10-15-24(19,20)6)27-29(7,8)23(3,4)5/h14,16,18-21H,9-13,15,17H2,1-8H3/b16-14+/t18-,19?,20+,21?,24-/m1/s1. The Bertz CT molecular complexity index is 583. The van der Waals surface area contributed by atoms with Gasteiger partial charge in [-0.25, -0.2) is 4.79 Å². The van der Waals surface area contributed by atoms with E-state index in [2.05, 4.69) is 47.7 Å². The van der Waals surface area contributed by atoms with Crippen molar-refractivity contribution in [2.24, 2.45) is 23.2 Å². The van der Waals surface area contributed by atoms with Gasteiger partial charge in [0.05, 0.1) is 6.61 Å². The summed E-state index contributed by atoms with van der Waals surface area (Å²) in [6.45, 7) is 19.1. The first-order valence-corrected chi connectivity index (χ1v) is 15.5. The minimum absolute atomic E-state index is 0.238. The van der Waals surface area contributed by atoms with Crippen LogP contribution in [0.25, 0.3) is 0 Å². The second-order valence-corrected chi connectivity index (χ2v) is 16.7. The van der Waals surface area contributed by atoms with E-state index in [1.165, 1.54) is 32.1 Å². The molecule has 0 N–H and O–H groups in total. The van der Waals surface area contributed by atoms with Gasteiger partial charge in [-0.2, -0.15) is 0 Å². The lowest BCUT2D eigenvalue weighted by molar-refractivity contribution is -0.137. The summed E-state index contributed by atoms with van der Waals surface area (Å²) in [5.41, 5.74) is 0.399. The van der Waals surface area contributed by atoms with Crippen LogP contribution in [0.2, 0.25) is 18.1 Å². The van der Waals surface area contributed by atoms with E-state index in [0.717, 1.165) is 11.7 Å². The van der Waals surface area contributed by atoms with E-state index in [1.807, 2.05) is 12.3 Å². The van der Waals surface area contributed by atoms with Crippen molar-refractivity contribution in [2.75, 3.05) is 12.4 Å². The van der Waals surface area contributed by atoms with E-state index in [9.17, 15) is 4.79 Å². The Hall–Kier alpha value is -0.263. The Morgan fingerprint density at radius 2 is 1.97 bits per heavy atom. The highest BCUT2D eigenvalue weighted by Crippen LogP contribution is 2.59. The summed E-state index contributed by atoms with van der Waals surface area (Å²) in [4.78, 5) is 11.5. The van der Waals surface area contributed by atoms with Gasteiger partial charge in [0.25, 0.3) is 0 Å². The second kappa shape index (κ2) is 9.91. The third-order valence-electron chi connectivity index (χ3n) is 8.02. The molecular weight excluding hydrogens is 396 g/mol. The van der Waals surface area contributed by atoms with Crippen molar-refractivity contribution < 1.29 is 14.0 Å². The van der Waals surface area contributed by atoms with Crippen molar-refractivity contribution in [3.8, 4) is 0 Å². The smallest absolute Gasteiger partial charge is 0.331 e. The van der Waals surface area contributed by atoms with Crippen molar-refractivity contribution in [3.63, 3.8) is 0 Å². The molecule has 0 amide bonds. The van der Waals surface area contributed by atoms with Crippen LogP contribution in [0.5, 0.6) is 0 Å². The predicted molar refractivity (Wildman–Crippen MR) is 128 cm³/mol. The summed E-state index contributed by atoms with van der Waals surface area (Å²) in [5, 5.41) is 2.18. The van der Waals surface area contributed by atoms with Gasteiger partial charge in [0.2, 0.25) is 0 Å². The number of esters is 1. The van der Waals surface area contributed by atoms with Crippen LogP contribution in [-0.2, 0) is 14.0 Å². The van der Waals surface area contributed by atoms with Crippen LogP contribution in [0.15, 0.2) is 11.5 Å². The number of carbonyl (C=O) groups excluding carboxylic acids is 1. The van der Waals surface area contributed by atoms with Gasteiger partial charge >= 0.3 is 5.97 Å². The van der Waals surface area contributed by atoms with Gasteiger partial charge in [-0.05, 0) is 79.3 Å². The Morgan fingerprint density at radius 1 is 1.28 bits per heavy atom. The van der Waals surface area contributed by atoms with Crippen molar-refractivity contribution in [3.05, 3.63) is 11.5 Å². The number of hydrogen-bond donors (Lipinski definition) is 0. The zero-order chi connectivity index (χ0) is 21.9. The molecule has 2 aliphatic carbocycles. The van der Waals surface area contributed by atoms with E-state index in [0.29, 0.717) is 30.0 Å². The van der Waals surface area contributed by atoms with E-state index < -0.39 is 8.32 Å². The van der Waals surface area contributed by atoms with E-state index in [4.69, 9.17) is 9.16 Å². The average molecular weight is 441 g/mol. The number of rotatable bonds is 8. The van der Waals surface area contributed by atoms with Crippen molar-refractivity contribution in [2.45, 2.75) is 97.9 Å². The lowest BCUT2D eigenvalue weighted by Crippen LogP contribution is -2.50. The summed E-state index contributed by atoms with van der Waals surface area (Å²) in [5.74, 6) is 2.93. The Balaban J connectivity index is 1.99. The Kier molecular flexibility index (Phi) is 8.54. The molecule has 0 heterocycles. The van der Waals surface area contributed by atoms with Gasteiger partial charge in [-0.1, -0.05) is 41.0 Å². The van der Waals surface area contributed by atoms with Crippen LogP contribution in [-0.4, -0.2) is 32.8 Å². The quantitative estimate of drug-likeness (QED) is 0.230. The Morgan fingerprint density at radius 3 is 2.59 bits per heavy atom. The maximum absolute atomic E-state index is 11.5. The molecule has 0 saturated heterocycles. The van der Waals surface area contributed by atoms with Crippen molar-refractivity contribution in [1.82, 2.24) is 0 Å². The zero-order valence-electron chi connectivity index (χ0n) is 20.0. The number of thioether (sulfide) groups is 1. The molecule has 5 heteroatoms. The minimum atomic E-state index is -1.74. The molecule has 2 aliphatic rings. The number of hydrogen-bond acceptors (Lipinski definition) is 4. The molecule has 0 radical (unpaired) electrons. The molecule has 2 unspecified atom stereocenters. The van der Waals surface area contributed by atoms with Crippen LogP contribution in [0, 0.1) is 23.2 Å².